The van der Waals surface area contributed by atoms with Crippen molar-refractivity contribution in [2.75, 3.05) is 24.5 Å². The molecule has 5 nitrogen and oxygen atoms in total. The SMILES string of the molecule is Cc1c(-c2ccc(F)cc2)nnc(N2CCN(C(=O)CC3CCC(F)(F)CC3)CC2C)c1C. The number of hydrogen-bond donors (Lipinski definition) is 0. The van der Waals surface area contributed by atoms with Crippen molar-refractivity contribution in [1.29, 1.82) is 0 Å². The van der Waals surface area contributed by atoms with Crippen LogP contribution in [0.15, 0.2) is 24.3 Å². The average Bonchev–Trinajstić information content (AvgIpc) is 2.78. The van der Waals surface area contributed by atoms with E-state index in [0.717, 1.165) is 28.2 Å². The standard InChI is InChI=1S/C25H31F3N4O/c1-16-15-31(22(33)14-19-8-10-25(27,28)11-9-19)12-13-32(16)24-18(3)17(2)23(29-30-24)20-4-6-21(26)7-5-20/h4-7,16,19H,8-15H2,1-3H3. The first-order valence-electron chi connectivity index (χ1n) is 11.7. The number of carbonyl (C=O) groups excluding carboxylic acids is 1. The zero-order chi connectivity index (χ0) is 23.8. The van der Waals surface area contributed by atoms with Crippen molar-refractivity contribution in [1.82, 2.24) is 15.1 Å². The lowest BCUT2D eigenvalue weighted by atomic mass is 9.84. The summed E-state index contributed by atoms with van der Waals surface area (Å²) in [6.45, 7) is 7.85. The van der Waals surface area contributed by atoms with Gasteiger partial charge >= 0.3 is 0 Å². The molecule has 1 saturated heterocycles. The molecule has 8 heteroatoms. The summed E-state index contributed by atoms with van der Waals surface area (Å²) in [7, 11) is 0. The molecule has 2 fully saturated rings. The monoisotopic (exact) mass is 460 g/mol. The summed E-state index contributed by atoms with van der Waals surface area (Å²) < 4.78 is 40.1. The van der Waals surface area contributed by atoms with E-state index in [1.807, 2.05) is 18.7 Å². The van der Waals surface area contributed by atoms with E-state index in [2.05, 4.69) is 22.0 Å². The molecule has 2 aromatic rings. The second-order valence-corrected chi connectivity index (χ2v) is 9.51. The van der Waals surface area contributed by atoms with Gasteiger partial charge in [0.2, 0.25) is 11.8 Å². The molecular formula is C25H31F3N4O. The Balaban J connectivity index is 1.41. The molecule has 2 heterocycles. The molecule has 1 unspecified atom stereocenters. The van der Waals surface area contributed by atoms with Crippen molar-refractivity contribution in [3.63, 3.8) is 0 Å². The minimum Gasteiger partial charge on any atom is -0.349 e. The predicted octanol–water partition coefficient (Wildman–Crippen LogP) is 5.15. The summed E-state index contributed by atoms with van der Waals surface area (Å²) >= 11 is 0. The molecule has 0 N–H and O–H groups in total. The number of hydrogen-bond acceptors (Lipinski definition) is 4. The second kappa shape index (κ2) is 9.31. The highest BCUT2D eigenvalue weighted by Gasteiger charge is 2.37. The molecule has 0 bridgehead atoms. The molecule has 4 rings (SSSR count). The highest BCUT2D eigenvalue weighted by atomic mass is 19.3. The third kappa shape index (κ3) is 5.14. The quantitative estimate of drug-likeness (QED) is 0.633. The molecule has 0 radical (unpaired) electrons. The summed E-state index contributed by atoms with van der Waals surface area (Å²) in [5, 5.41) is 8.93. The van der Waals surface area contributed by atoms with Crippen LogP contribution in [-0.4, -0.2) is 52.6 Å². The third-order valence-electron chi connectivity index (χ3n) is 7.17. The maximum Gasteiger partial charge on any atom is 0.248 e. The molecule has 1 aromatic carbocycles. The molecule has 178 valence electrons. The molecule has 0 spiro atoms. The van der Waals surface area contributed by atoms with Gasteiger partial charge in [-0.25, -0.2) is 13.2 Å². The van der Waals surface area contributed by atoms with Crippen molar-refractivity contribution in [2.24, 2.45) is 5.92 Å². The first-order valence-corrected chi connectivity index (χ1v) is 11.7. The Bertz CT molecular complexity index is 1000. The Morgan fingerprint density at radius 2 is 1.73 bits per heavy atom. The van der Waals surface area contributed by atoms with Crippen LogP contribution in [0.4, 0.5) is 19.0 Å². The van der Waals surface area contributed by atoms with E-state index in [1.54, 1.807) is 12.1 Å². The lowest BCUT2D eigenvalue weighted by molar-refractivity contribution is -0.134. The number of benzene rings is 1. The number of carbonyl (C=O) groups is 1. The van der Waals surface area contributed by atoms with Gasteiger partial charge in [0.25, 0.3) is 0 Å². The largest absolute Gasteiger partial charge is 0.349 e. The van der Waals surface area contributed by atoms with Crippen LogP contribution in [0.3, 0.4) is 0 Å². The molecule has 1 saturated carbocycles. The summed E-state index contributed by atoms with van der Waals surface area (Å²) in [6, 6.07) is 6.29. The predicted molar refractivity (Wildman–Crippen MR) is 122 cm³/mol. The molecule has 1 aromatic heterocycles. The smallest absolute Gasteiger partial charge is 0.248 e. The van der Waals surface area contributed by atoms with Gasteiger partial charge in [-0.1, -0.05) is 0 Å². The van der Waals surface area contributed by atoms with Gasteiger partial charge in [0, 0.05) is 50.5 Å². The molecule has 1 amide bonds. The van der Waals surface area contributed by atoms with Gasteiger partial charge < -0.3 is 9.80 Å². The number of alkyl halides is 2. The van der Waals surface area contributed by atoms with E-state index < -0.39 is 5.92 Å². The van der Waals surface area contributed by atoms with Gasteiger partial charge in [0.15, 0.2) is 5.82 Å². The minimum atomic E-state index is -2.57. The van der Waals surface area contributed by atoms with Crippen LogP contribution in [0.2, 0.25) is 0 Å². The number of amides is 1. The van der Waals surface area contributed by atoms with Crippen LogP contribution < -0.4 is 4.90 Å². The number of aromatic nitrogens is 2. The Kier molecular flexibility index (Phi) is 6.64. The average molecular weight is 461 g/mol. The van der Waals surface area contributed by atoms with Crippen molar-refractivity contribution in [2.45, 2.75) is 64.8 Å². The Morgan fingerprint density at radius 1 is 1.06 bits per heavy atom. The highest BCUT2D eigenvalue weighted by Crippen LogP contribution is 2.38. The van der Waals surface area contributed by atoms with E-state index in [1.165, 1.54) is 12.1 Å². The molecule has 1 aliphatic carbocycles. The summed E-state index contributed by atoms with van der Waals surface area (Å²) in [5.41, 5.74) is 3.56. The van der Waals surface area contributed by atoms with Crippen LogP contribution in [-0.2, 0) is 4.79 Å². The zero-order valence-corrected chi connectivity index (χ0v) is 19.5. The van der Waals surface area contributed by atoms with Gasteiger partial charge in [0.1, 0.15) is 5.82 Å². The van der Waals surface area contributed by atoms with E-state index in [4.69, 9.17) is 0 Å². The van der Waals surface area contributed by atoms with Gasteiger partial charge in [-0.15, -0.1) is 10.2 Å². The van der Waals surface area contributed by atoms with Gasteiger partial charge in [-0.3, -0.25) is 4.79 Å². The number of anilines is 1. The van der Waals surface area contributed by atoms with Gasteiger partial charge in [-0.05, 0) is 74.9 Å². The maximum absolute atomic E-state index is 13.4. The van der Waals surface area contributed by atoms with Crippen LogP contribution >= 0.6 is 0 Å². The van der Waals surface area contributed by atoms with Gasteiger partial charge in [-0.2, -0.15) is 0 Å². The number of piperazine rings is 1. The van der Waals surface area contributed by atoms with Crippen molar-refractivity contribution in [3.05, 3.63) is 41.2 Å². The Morgan fingerprint density at radius 3 is 2.36 bits per heavy atom. The van der Waals surface area contributed by atoms with Gasteiger partial charge in [0.05, 0.1) is 5.69 Å². The van der Waals surface area contributed by atoms with E-state index in [9.17, 15) is 18.0 Å². The second-order valence-electron chi connectivity index (χ2n) is 9.51. The van der Waals surface area contributed by atoms with Crippen LogP contribution in [0.25, 0.3) is 11.3 Å². The lowest BCUT2D eigenvalue weighted by Gasteiger charge is -2.41. The summed E-state index contributed by atoms with van der Waals surface area (Å²) in [5.74, 6) is -1.95. The van der Waals surface area contributed by atoms with Crippen molar-refractivity contribution >= 4 is 11.7 Å². The third-order valence-corrected chi connectivity index (χ3v) is 7.17. The molecule has 1 aliphatic heterocycles. The molecular weight excluding hydrogens is 429 g/mol. The van der Waals surface area contributed by atoms with E-state index in [0.29, 0.717) is 38.9 Å². The maximum atomic E-state index is 13.4. The van der Waals surface area contributed by atoms with E-state index in [-0.39, 0.29) is 36.5 Å². The lowest BCUT2D eigenvalue weighted by Crippen LogP contribution is -2.54. The van der Waals surface area contributed by atoms with Crippen LogP contribution in [0.1, 0.15) is 50.2 Å². The molecule has 2 aliphatic rings. The fourth-order valence-corrected chi connectivity index (χ4v) is 4.93. The van der Waals surface area contributed by atoms with Crippen molar-refractivity contribution in [3.8, 4) is 11.3 Å². The normalized spacial score (nSPS) is 21.3. The zero-order valence-electron chi connectivity index (χ0n) is 19.5. The Labute approximate surface area is 193 Å². The first-order chi connectivity index (χ1) is 15.6. The number of rotatable bonds is 4. The summed E-state index contributed by atoms with van der Waals surface area (Å²) in [6.07, 6.45) is 0.971. The van der Waals surface area contributed by atoms with Crippen molar-refractivity contribution < 1.29 is 18.0 Å². The first kappa shape index (κ1) is 23.5. The van der Waals surface area contributed by atoms with E-state index >= 15 is 0 Å². The highest BCUT2D eigenvalue weighted by molar-refractivity contribution is 5.77. The number of nitrogens with zero attached hydrogens (tertiary/aromatic N) is 4. The molecule has 33 heavy (non-hydrogen) atoms. The topological polar surface area (TPSA) is 49.3 Å². The fourth-order valence-electron chi connectivity index (χ4n) is 4.93. The van der Waals surface area contributed by atoms with Crippen LogP contribution in [0, 0.1) is 25.6 Å². The van der Waals surface area contributed by atoms with Crippen LogP contribution in [0.5, 0.6) is 0 Å². The summed E-state index contributed by atoms with van der Waals surface area (Å²) in [4.78, 5) is 16.9. The molecule has 1 atom stereocenters. The Hall–Kier alpha value is -2.64. The fraction of sp³-hybridized carbons (Fsp3) is 0.560. The number of halogens is 3. The minimum absolute atomic E-state index is 0.0558.